The van der Waals surface area contributed by atoms with Gasteiger partial charge in [-0.05, 0) is 37.6 Å². The van der Waals surface area contributed by atoms with E-state index < -0.39 is 5.54 Å². The highest BCUT2D eigenvalue weighted by Crippen LogP contribution is 2.32. The maximum Gasteiger partial charge on any atom is 0.237 e. The molecule has 1 amide bonds. The van der Waals surface area contributed by atoms with Crippen molar-refractivity contribution in [1.29, 1.82) is 5.26 Å². The molecule has 1 aromatic rings. The summed E-state index contributed by atoms with van der Waals surface area (Å²) in [5.74, 6) is -0.0361. The average molecular weight is 368 g/mol. The lowest BCUT2D eigenvalue weighted by Gasteiger charge is -2.39. The number of hydrogen-bond donors (Lipinski definition) is 0. The van der Waals surface area contributed by atoms with Crippen LogP contribution in [-0.4, -0.2) is 41.9 Å². The van der Waals surface area contributed by atoms with Crippen molar-refractivity contribution in [2.24, 2.45) is 0 Å². The van der Waals surface area contributed by atoms with E-state index in [-0.39, 0.29) is 12.5 Å². The molecule has 0 spiro atoms. The van der Waals surface area contributed by atoms with Gasteiger partial charge in [0.2, 0.25) is 5.91 Å². The Bertz CT molecular complexity index is 636. The summed E-state index contributed by atoms with van der Waals surface area (Å²) in [5, 5.41) is 10.8. The van der Waals surface area contributed by atoms with Crippen LogP contribution in [0.15, 0.2) is 18.2 Å². The summed E-state index contributed by atoms with van der Waals surface area (Å²) in [5.41, 5.74) is 0.278. The molecule has 4 nitrogen and oxygen atoms in total. The lowest BCUT2D eigenvalue weighted by atomic mass is 9.81. The fourth-order valence-corrected chi connectivity index (χ4v) is 3.70. The molecule has 1 saturated carbocycles. The zero-order valence-corrected chi connectivity index (χ0v) is 15.7. The predicted octanol–water partition coefficient (Wildman–Crippen LogP) is 4.11. The third-order valence-corrected chi connectivity index (χ3v) is 5.35. The summed E-state index contributed by atoms with van der Waals surface area (Å²) >= 11 is 12.1. The molecule has 1 aliphatic rings. The van der Waals surface area contributed by atoms with Crippen molar-refractivity contribution >= 4 is 29.1 Å². The molecule has 2 rings (SSSR count). The molecule has 0 bridgehead atoms. The molecule has 0 heterocycles. The molecule has 0 N–H and O–H groups in total. The Balaban J connectivity index is 1.99. The van der Waals surface area contributed by atoms with Crippen molar-refractivity contribution in [2.75, 3.05) is 20.6 Å². The summed E-state index contributed by atoms with van der Waals surface area (Å²) in [6.07, 6.45) is 4.67. The van der Waals surface area contributed by atoms with Gasteiger partial charge in [0.15, 0.2) is 0 Å². The van der Waals surface area contributed by atoms with Gasteiger partial charge in [0.1, 0.15) is 5.54 Å². The van der Waals surface area contributed by atoms with Gasteiger partial charge >= 0.3 is 0 Å². The van der Waals surface area contributed by atoms with E-state index in [1.165, 1.54) is 0 Å². The largest absolute Gasteiger partial charge is 0.326 e. The van der Waals surface area contributed by atoms with Crippen LogP contribution in [0, 0.1) is 11.3 Å². The van der Waals surface area contributed by atoms with E-state index in [0.717, 1.165) is 37.7 Å². The Morgan fingerprint density at radius 1 is 1.25 bits per heavy atom. The van der Waals surface area contributed by atoms with E-state index >= 15 is 0 Å². The topological polar surface area (TPSA) is 47.3 Å². The van der Waals surface area contributed by atoms with Gasteiger partial charge in [0.25, 0.3) is 0 Å². The number of halogens is 2. The highest BCUT2D eigenvalue weighted by atomic mass is 35.5. The van der Waals surface area contributed by atoms with Crippen molar-refractivity contribution in [1.82, 2.24) is 9.80 Å². The van der Waals surface area contributed by atoms with E-state index in [4.69, 9.17) is 23.2 Å². The van der Waals surface area contributed by atoms with Crippen molar-refractivity contribution in [3.05, 3.63) is 33.8 Å². The zero-order chi connectivity index (χ0) is 17.7. The number of carbonyl (C=O) groups excluding carboxylic acids is 1. The number of likely N-dealkylation sites (N-methyl/N-ethyl adjacent to an activating group) is 2. The second-order valence-electron chi connectivity index (χ2n) is 6.56. The van der Waals surface area contributed by atoms with Gasteiger partial charge in [-0.2, -0.15) is 5.26 Å². The molecule has 0 unspecified atom stereocenters. The van der Waals surface area contributed by atoms with Crippen molar-refractivity contribution in [3.63, 3.8) is 0 Å². The van der Waals surface area contributed by atoms with Gasteiger partial charge in [-0.3, -0.25) is 9.69 Å². The molecule has 0 aromatic heterocycles. The summed E-state index contributed by atoms with van der Waals surface area (Å²) < 4.78 is 0. The fraction of sp³-hybridized carbons (Fsp3) is 0.556. The van der Waals surface area contributed by atoms with Crippen LogP contribution >= 0.6 is 23.2 Å². The molecule has 1 aromatic carbocycles. The van der Waals surface area contributed by atoms with E-state index in [0.29, 0.717) is 16.6 Å². The number of rotatable bonds is 5. The highest BCUT2D eigenvalue weighted by molar-refractivity contribution is 6.35. The number of nitrogens with zero attached hydrogens (tertiary/aromatic N) is 3. The van der Waals surface area contributed by atoms with E-state index in [9.17, 15) is 10.1 Å². The Hall–Kier alpha value is -1.28. The van der Waals surface area contributed by atoms with E-state index in [2.05, 4.69) is 6.07 Å². The number of hydrogen-bond acceptors (Lipinski definition) is 3. The molecule has 1 fully saturated rings. The first kappa shape index (κ1) is 19.1. The normalized spacial score (nSPS) is 16.7. The predicted molar refractivity (Wildman–Crippen MR) is 97.0 cm³/mol. The first-order valence-corrected chi connectivity index (χ1v) is 8.94. The molecular formula is C18H23Cl2N3O. The summed E-state index contributed by atoms with van der Waals surface area (Å²) in [4.78, 5) is 16.2. The minimum Gasteiger partial charge on any atom is -0.326 e. The SMILES string of the molecule is CN(CC(=O)N(C)C1(C#N)CCCCC1)Cc1ccc(Cl)cc1Cl. The highest BCUT2D eigenvalue weighted by Gasteiger charge is 2.38. The molecule has 24 heavy (non-hydrogen) atoms. The standard InChI is InChI=1S/C18H23Cl2N3O/c1-22(11-14-6-7-15(19)10-16(14)20)12-17(24)23(2)18(13-21)8-4-3-5-9-18/h6-7,10H,3-5,8-9,11-12H2,1-2H3. The van der Waals surface area contributed by atoms with Gasteiger partial charge in [0, 0.05) is 23.6 Å². The van der Waals surface area contributed by atoms with Gasteiger partial charge in [0.05, 0.1) is 12.6 Å². The van der Waals surface area contributed by atoms with E-state index in [1.807, 2.05) is 18.0 Å². The maximum atomic E-state index is 12.6. The van der Waals surface area contributed by atoms with Crippen LogP contribution in [0.4, 0.5) is 0 Å². The van der Waals surface area contributed by atoms with Crippen molar-refractivity contribution in [3.8, 4) is 6.07 Å². The van der Waals surface area contributed by atoms with Crippen molar-refractivity contribution in [2.45, 2.75) is 44.2 Å². The number of benzene rings is 1. The fourth-order valence-electron chi connectivity index (χ4n) is 3.23. The van der Waals surface area contributed by atoms with Crippen LogP contribution in [0.5, 0.6) is 0 Å². The molecule has 1 aliphatic carbocycles. The molecule has 0 aliphatic heterocycles. The second-order valence-corrected chi connectivity index (χ2v) is 7.41. The molecular weight excluding hydrogens is 345 g/mol. The van der Waals surface area contributed by atoms with Gasteiger partial charge in [-0.15, -0.1) is 0 Å². The summed E-state index contributed by atoms with van der Waals surface area (Å²) in [7, 11) is 3.62. The zero-order valence-electron chi connectivity index (χ0n) is 14.2. The third kappa shape index (κ3) is 4.42. The van der Waals surface area contributed by atoms with Crippen molar-refractivity contribution < 1.29 is 4.79 Å². The number of amides is 1. The van der Waals surface area contributed by atoms with Gasteiger partial charge in [-0.1, -0.05) is 48.5 Å². The first-order valence-electron chi connectivity index (χ1n) is 8.18. The average Bonchev–Trinajstić information content (AvgIpc) is 2.57. The second kappa shape index (κ2) is 8.20. The molecule has 0 radical (unpaired) electrons. The summed E-state index contributed by atoms with van der Waals surface area (Å²) in [6, 6.07) is 7.75. The third-order valence-electron chi connectivity index (χ3n) is 4.77. The Morgan fingerprint density at radius 2 is 1.92 bits per heavy atom. The van der Waals surface area contributed by atoms with Crippen LogP contribution in [-0.2, 0) is 11.3 Å². The lowest BCUT2D eigenvalue weighted by Crippen LogP contribution is -2.52. The van der Waals surface area contributed by atoms with E-state index in [1.54, 1.807) is 24.1 Å². The monoisotopic (exact) mass is 367 g/mol. The Morgan fingerprint density at radius 3 is 2.50 bits per heavy atom. The maximum absolute atomic E-state index is 12.6. The Labute approximate surface area is 153 Å². The van der Waals surface area contributed by atoms with Crippen LogP contribution < -0.4 is 0 Å². The molecule has 0 saturated heterocycles. The van der Waals surface area contributed by atoms with Crippen LogP contribution in [0.1, 0.15) is 37.7 Å². The smallest absolute Gasteiger partial charge is 0.237 e. The van der Waals surface area contributed by atoms with Gasteiger partial charge < -0.3 is 4.90 Å². The minimum absolute atomic E-state index is 0.0361. The van der Waals surface area contributed by atoms with Crippen LogP contribution in [0.3, 0.4) is 0 Å². The molecule has 0 atom stereocenters. The number of nitriles is 1. The number of carbonyl (C=O) groups is 1. The summed E-state index contributed by atoms with van der Waals surface area (Å²) in [6.45, 7) is 0.800. The van der Waals surface area contributed by atoms with Crippen LogP contribution in [0.25, 0.3) is 0 Å². The van der Waals surface area contributed by atoms with Gasteiger partial charge in [-0.25, -0.2) is 0 Å². The minimum atomic E-state index is -0.645. The molecule has 130 valence electrons. The lowest BCUT2D eigenvalue weighted by molar-refractivity contribution is -0.135. The Kier molecular flexibility index (Phi) is 6.51. The molecule has 6 heteroatoms. The van der Waals surface area contributed by atoms with Crippen LogP contribution in [0.2, 0.25) is 10.0 Å². The first-order chi connectivity index (χ1) is 11.4. The quantitative estimate of drug-likeness (QED) is 0.786.